The number of hydrogen-bond acceptors (Lipinski definition) is 7. The molecule has 0 bridgehead atoms. The van der Waals surface area contributed by atoms with Gasteiger partial charge in [0.1, 0.15) is 11.9 Å². The lowest BCUT2D eigenvalue weighted by Crippen LogP contribution is -2.31. The zero-order valence-corrected chi connectivity index (χ0v) is 17.8. The molecule has 158 valence electrons. The van der Waals surface area contributed by atoms with Gasteiger partial charge in [-0.1, -0.05) is 6.07 Å². The lowest BCUT2D eigenvalue weighted by molar-refractivity contribution is 0.0725. The summed E-state index contributed by atoms with van der Waals surface area (Å²) in [4.78, 5) is 24.0. The molecule has 0 saturated heterocycles. The Morgan fingerprint density at radius 3 is 2.62 bits per heavy atom. The van der Waals surface area contributed by atoms with Crippen molar-refractivity contribution in [3.8, 4) is 6.07 Å². The Morgan fingerprint density at radius 1 is 1.06 bits per heavy atom. The topological polar surface area (TPSA) is 122 Å². The minimum atomic E-state index is -0.169. The number of aromatic nitrogens is 4. The second-order valence-corrected chi connectivity index (χ2v) is 7.55. The van der Waals surface area contributed by atoms with Crippen molar-refractivity contribution in [3.63, 3.8) is 0 Å². The first-order valence-corrected chi connectivity index (χ1v) is 10.0. The number of amides is 1. The number of hydrogen-bond donors (Lipinski definition) is 1. The van der Waals surface area contributed by atoms with Gasteiger partial charge in [-0.05, 0) is 67.4 Å². The SMILES string of the molecule is Cc1cc2cc(C(=O)N(Cc3ccc(C#N)nn3)Cc3ncccc3C)ccc2nc1N. The highest BCUT2D eigenvalue weighted by atomic mass is 16.2. The number of nitriles is 1. The van der Waals surface area contributed by atoms with Crippen LogP contribution in [-0.4, -0.2) is 31.0 Å². The van der Waals surface area contributed by atoms with Crippen molar-refractivity contribution >= 4 is 22.6 Å². The molecule has 0 atom stereocenters. The van der Waals surface area contributed by atoms with Gasteiger partial charge in [-0.2, -0.15) is 10.4 Å². The predicted molar refractivity (Wildman–Crippen MR) is 120 cm³/mol. The number of carbonyl (C=O) groups excluding carboxylic acids is 1. The van der Waals surface area contributed by atoms with Crippen LogP contribution in [0.5, 0.6) is 0 Å². The Kier molecular flexibility index (Phi) is 5.73. The number of nitrogen functional groups attached to an aromatic ring is 1. The summed E-state index contributed by atoms with van der Waals surface area (Å²) in [6.45, 7) is 4.38. The molecule has 0 unspecified atom stereocenters. The highest BCUT2D eigenvalue weighted by Gasteiger charge is 2.20. The Morgan fingerprint density at radius 2 is 1.91 bits per heavy atom. The van der Waals surface area contributed by atoms with Crippen LogP contribution >= 0.6 is 0 Å². The van der Waals surface area contributed by atoms with Gasteiger partial charge in [-0.3, -0.25) is 9.78 Å². The van der Waals surface area contributed by atoms with Crippen LogP contribution in [0.15, 0.2) is 54.7 Å². The molecular formula is C24H21N7O. The molecule has 0 saturated carbocycles. The van der Waals surface area contributed by atoms with Gasteiger partial charge in [0.15, 0.2) is 5.69 Å². The smallest absolute Gasteiger partial charge is 0.254 e. The highest BCUT2D eigenvalue weighted by Crippen LogP contribution is 2.21. The van der Waals surface area contributed by atoms with Crippen molar-refractivity contribution < 1.29 is 4.79 Å². The van der Waals surface area contributed by atoms with Crippen molar-refractivity contribution in [1.29, 1.82) is 5.26 Å². The Bertz CT molecular complexity index is 1340. The van der Waals surface area contributed by atoms with Crippen LogP contribution in [0, 0.1) is 25.2 Å². The summed E-state index contributed by atoms with van der Waals surface area (Å²) in [7, 11) is 0. The highest BCUT2D eigenvalue weighted by molar-refractivity contribution is 5.98. The van der Waals surface area contributed by atoms with Gasteiger partial charge in [0.05, 0.1) is 30.0 Å². The maximum absolute atomic E-state index is 13.5. The maximum atomic E-state index is 13.5. The molecule has 0 radical (unpaired) electrons. The van der Waals surface area contributed by atoms with E-state index in [2.05, 4.69) is 20.2 Å². The van der Waals surface area contributed by atoms with Crippen molar-refractivity contribution in [3.05, 3.63) is 88.5 Å². The zero-order valence-electron chi connectivity index (χ0n) is 17.8. The van der Waals surface area contributed by atoms with E-state index in [1.165, 1.54) is 0 Å². The Hall–Kier alpha value is -4.38. The number of fused-ring (bicyclic) bond motifs is 1. The first kappa shape index (κ1) is 20.9. The molecule has 0 spiro atoms. The van der Waals surface area contributed by atoms with Gasteiger partial charge in [-0.25, -0.2) is 4.98 Å². The van der Waals surface area contributed by atoms with E-state index in [0.717, 1.165) is 27.7 Å². The third-order valence-electron chi connectivity index (χ3n) is 5.22. The third-order valence-corrected chi connectivity index (χ3v) is 5.22. The van der Waals surface area contributed by atoms with Crippen molar-refractivity contribution in [2.45, 2.75) is 26.9 Å². The van der Waals surface area contributed by atoms with E-state index in [9.17, 15) is 4.79 Å². The fourth-order valence-electron chi connectivity index (χ4n) is 3.38. The van der Waals surface area contributed by atoms with Crippen LogP contribution in [0.1, 0.15) is 38.6 Å². The summed E-state index contributed by atoms with van der Waals surface area (Å²) in [6.07, 6.45) is 1.71. The van der Waals surface area contributed by atoms with Crippen LogP contribution < -0.4 is 5.73 Å². The maximum Gasteiger partial charge on any atom is 0.254 e. The molecule has 0 aliphatic heterocycles. The largest absolute Gasteiger partial charge is 0.383 e. The van der Waals surface area contributed by atoms with Gasteiger partial charge in [0.25, 0.3) is 5.91 Å². The lowest BCUT2D eigenvalue weighted by Gasteiger charge is -2.23. The Balaban J connectivity index is 1.69. The molecule has 32 heavy (non-hydrogen) atoms. The molecule has 8 nitrogen and oxygen atoms in total. The summed E-state index contributed by atoms with van der Waals surface area (Å²) < 4.78 is 0. The molecule has 4 rings (SSSR count). The number of anilines is 1. The second kappa shape index (κ2) is 8.78. The molecule has 4 aromatic rings. The fraction of sp³-hybridized carbons (Fsp3) is 0.167. The number of rotatable bonds is 5. The first-order chi connectivity index (χ1) is 15.4. The Labute approximate surface area is 185 Å². The number of pyridine rings is 2. The summed E-state index contributed by atoms with van der Waals surface area (Å²) >= 11 is 0. The van der Waals surface area contributed by atoms with E-state index in [0.29, 0.717) is 23.6 Å². The molecule has 8 heteroatoms. The van der Waals surface area contributed by atoms with E-state index in [1.54, 1.807) is 35.4 Å². The van der Waals surface area contributed by atoms with Crippen LogP contribution in [-0.2, 0) is 13.1 Å². The second-order valence-electron chi connectivity index (χ2n) is 7.55. The molecule has 3 heterocycles. The van der Waals surface area contributed by atoms with Crippen molar-refractivity contribution in [2.75, 3.05) is 5.73 Å². The van der Waals surface area contributed by atoms with Crippen molar-refractivity contribution in [1.82, 2.24) is 25.1 Å². The molecule has 0 aliphatic rings. The van der Waals surface area contributed by atoms with E-state index in [1.807, 2.05) is 44.2 Å². The summed E-state index contributed by atoms with van der Waals surface area (Å²) in [5.74, 6) is 0.306. The van der Waals surface area contributed by atoms with Crippen LogP contribution in [0.4, 0.5) is 5.82 Å². The van der Waals surface area contributed by atoms with E-state index in [4.69, 9.17) is 11.0 Å². The number of carbonyl (C=O) groups is 1. The van der Waals surface area contributed by atoms with Crippen LogP contribution in [0.25, 0.3) is 10.9 Å². The average molecular weight is 423 g/mol. The van der Waals surface area contributed by atoms with Gasteiger partial charge < -0.3 is 10.6 Å². The monoisotopic (exact) mass is 423 g/mol. The molecule has 0 fully saturated rings. The number of aryl methyl sites for hydroxylation is 2. The molecule has 1 aromatic carbocycles. The van der Waals surface area contributed by atoms with E-state index in [-0.39, 0.29) is 18.1 Å². The quantitative estimate of drug-likeness (QED) is 0.522. The van der Waals surface area contributed by atoms with Crippen LogP contribution in [0.3, 0.4) is 0 Å². The van der Waals surface area contributed by atoms with Gasteiger partial charge >= 0.3 is 0 Å². The standard InChI is InChI=1S/C24H21N7O/c1-15-4-3-9-27-22(15)14-31(13-20-7-6-19(12-25)29-30-20)24(32)17-5-8-21-18(11-17)10-16(2)23(26)28-21/h3-11H,13-14H2,1-2H3,(H2,26,28). The van der Waals surface area contributed by atoms with E-state index < -0.39 is 0 Å². The van der Waals surface area contributed by atoms with Gasteiger partial charge in [0.2, 0.25) is 0 Å². The fourth-order valence-corrected chi connectivity index (χ4v) is 3.38. The van der Waals surface area contributed by atoms with Gasteiger partial charge in [0, 0.05) is 17.1 Å². The third kappa shape index (κ3) is 4.37. The molecular weight excluding hydrogens is 402 g/mol. The van der Waals surface area contributed by atoms with Crippen molar-refractivity contribution in [2.24, 2.45) is 0 Å². The normalized spacial score (nSPS) is 10.7. The van der Waals surface area contributed by atoms with Gasteiger partial charge in [-0.15, -0.1) is 5.10 Å². The van der Waals surface area contributed by atoms with E-state index >= 15 is 0 Å². The number of benzene rings is 1. The molecule has 3 aromatic heterocycles. The number of nitrogens with two attached hydrogens (primary N) is 1. The molecule has 2 N–H and O–H groups in total. The minimum Gasteiger partial charge on any atom is -0.383 e. The first-order valence-electron chi connectivity index (χ1n) is 10.0. The molecule has 1 amide bonds. The number of nitrogens with zero attached hydrogens (tertiary/aromatic N) is 6. The summed E-state index contributed by atoms with van der Waals surface area (Å²) in [5, 5.41) is 17.8. The van der Waals surface area contributed by atoms with Crippen LogP contribution in [0.2, 0.25) is 0 Å². The lowest BCUT2D eigenvalue weighted by atomic mass is 10.1. The summed E-state index contributed by atoms with van der Waals surface area (Å²) in [5.41, 5.74) is 10.6. The average Bonchev–Trinajstić information content (AvgIpc) is 2.80. The minimum absolute atomic E-state index is 0.169. The predicted octanol–water partition coefficient (Wildman–Crippen LogP) is 3.33. The molecule has 0 aliphatic carbocycles. The zero-order chi connectivity index (χ0) is 22.7. The summed E-state index contributed by atoms with van der Waals surface area (Å²) in [6, 6.07) is 16.3.